The number of alkyl halides is 3. The van der Waals surface area contributed by atoms with Gasteiger partial charge in [-0.05, 0) is 43.7 Å². The van der Waals surface area contributed by atoms with Crippen molar-refractivity contribution < 1.29 is 13.2 Å². The molecular weight excluding hydrogens is 353 g/mol. The van der Waals surface area contributed by atoms with Gasteiger partial charge in [-0.3, -0.25) is 0 Å². The second kappa shape index (κ2) is 7.65. The van der Waals surface area contributed by atoms with Gasteiger partial charge in [-0.1, -0.05) is 29.8 Å². The van der Waals surface area contributed by atoms with Gasteiger partial charge < -0.3 is 10.6 Å². The summed E-state index contributed by atoms with van der Waals surface area (Å²) in [6, 6.07) is 14.7. The quantitative estimate of drug-likeness (QED) is 0.624. The molecule has 0 aliphatic rings. The molecule has 1 heterocycles. The van der Waals surface area contributed by atoms with E-state index in [0.717, 1.165) is 23.4 Å². The standard InChI is InChI=1S/C20H19F3N4/c1-13-4-3-5-15(10-13)12-24-18-11-14(2)25-19(27-18)26-17-8-6-16(7-9-17)20(21,22)23/h3-11H,12H2,1-2H3,(H2,24,25,26,27). The van der Waals surface area contributed by atoms with Crippen molar-refractivity contribution in [2.45, 2.75) is 26.6 Å². The Hall–Kier alpha value is -3.09. The Balaban J connectivity index is 1.71. The summed E-state index contributed by atoms with van der Waals surface area (Å²) in [6.07, 6.45) is -4.36. The van der Waals surface area contributed by atoms with Crippen LogP contribution in [0.15, 0.2) is 54.6 Å². The van der Waals surface area contributed by atoms with Gasteiger partial charge in [0.15, 0.2) is 0 Å². The average Bonchev–Trinajstić information content (AvgIpc) is 2.59. The van der Waals surface area contributed by atoms with Gasteiger partial charge in [0.2, 0.25) is 5.95 Å². The molecule has 3 aromatic rings. The maximum absolute atomic E-state index is 12.6. The number of hydrogen-bond donors (Lipinski definition) is 2. The first-order valence-electron chi connectivity index (χ1n) is 8.39. The van der Waals surface area contributed by atoms with Gasteiger partial charge in [-0.25, -0.2) is 4.98 Å². The van der Waals surface area contributed by atoms with Crippen LogP contribution < -0.4 is 10.6 Å². The van der Waals surface area contributed by atoms with Crippen molar-refractivity contribution in [3.8, 4) is 0 Å². The molecule has 2 N–H and O–H groups in total. The molecule has 0 fully saturated rings. The topological polar surface area (TPSA) is 49.8 Å². The molecular formula is C20H19F3N4. The Bertz CT molecular complexity index is 921. The van der Waals surface area contributed by atoms with Crippen molar-refractivity contribution in [2.75, 3.05) is 10.6 Å². The predicted molar refractivity (Wildman–Crippen MR) is 100 cm³/mol. The molecule has 0 spiro atoms. The van der Waals surface area contributed by atoms with Crippen LogP contribution in [-0.2, 0) is 12.7 Å². The normalized spacial score (nSPS) is 11.3. The fraction of sp³-hybridized carbons (Fsp3) is 0.200. The highest BCUT2D eigenvalue weighted by molar-refractivity contribution is 5.56. The Morgan fingerprint density at radius 1 is 0.926 bits per heavy atom. The number of halogens is 3. The van der Waals surface area contributed by atoms with Gasteiger partial charge in [0.1, 0.15) is 5.82 Å². The summed E-state index contributed by atoms with van der Waals surface area (Å²) in [5.74, 6) is 0.958. The minimum Gasteiger partial charge on any atom is -0.366 e. The van der Waals surface area contributed by atoms with Crippen LogP contribution in [0.25, 0.3) is 0 Å². The number of rotatable bonds is 5. The van der Waals surface area contributed by atoms with Crippen LogP contribution in [0.4, 0.5) is 30.6 Å². The van der Waals surface area contributed by atoms with Crippen molar-refractivity contribution in [1.29, 1.82) is 0 Å². The number of aryl methyl sites for hydroxylation is 2. The smallest absolute Gasteiger partial charge is 0.366 e. The lowest BCUT2D eigenvalue weighted by Gasteiger charge is -2.11. The largest absolute Gasteiger partial charge is 0.416 e. The van der Waals surface area contributed by atoms with Crippen LogP contribution in [0.1, 0.15) is 22.4 Å². The summed E-state index contributed by atoms with van der Waals surface area (Å²) >= 11 is 0. The molecule has 1 aromatic heterocycles. The zero-order valence-electron chi connectivity index (χ0n) is 14.9. The van der Waals surface area contributed by atoms with Crippen molar-refractivity contribution in [1.82, 2.24) is 9.97 Å². The predicted octanol–water partition coefficient (Wildman–Crippen LogP) is 5.47. The molecule has 0 aliphatic heterocycles. The van der Waals surface area contributed by atoms with Crippen molar-refractivity contribution >= 4 is 17.5 Å². The van der Waals surface area contributed by atoms with Gasteiger partial charge in [-0.15, -0.1) is 0 Å². The Morgan fingerprint density at radius 2 is 1.67 bits per heavy atom. The van der Waals surface area contributed by atoms with E-state index in [9.17, 15) is 13.2 Å². The number of anilines is 3. The number of nitrogens with zero attached hydrogens (tertiary/aromatic N) is 2. The van der Waals surface area contributed by atoms with Crippen LogP contribution in [0.5, 0.6) is 0 Å². The van der Waals surface area contributed by atoms with Crippen LogP contribution in [-0.4, -0.2) is 9.97 Å². The van der Waals surface area contributed by atoms with Crippen LogP contribution in [0.2, 0.25) is 0 Å². The van der Waals surface area contributed by atoms with E-state index in [2.05, 4.69) is 26.7 Å². The number of aromatic nitrogens is 2. The first kappa shape index (κ1) is 18.7. The number of hydrogen-bond acceptors (Lipinski definition) is 4. The molecule has 0 saturated carbocycles. The zero-order chi connectivity index (χ0) is 19.4. The summed E-state index contributed by atoms with van der Waals surface area (Å²) in [4.78, 5) is 8.67. The second-order valence-electron chi connectivity index (χ2n) is 6.26. The monoisotopic (exact) mass is 372 g/mol. The highest BCUT2D eigenvalue weighted by Gasteiger charge is 2.29. The molecule has 27 heavy (non-hydrogen) atoms. The number of nitrogens with one attached hydrogen (secondary N) is 2. The molecule has 0 aliphatic carbocycles. The van der Waals surface area contributed by atoms with Crippen LogP contribution in [0, 0.1) is 13.8 Å². The fourth-order valence-corrected chi connectivity index (χ4v) is 2.60. The molecule has 0 unspecified atom stereocenters. The van der Waals surface area contributed by atoms with E-state index in [4.69, 9.17) is 0 Å². The van der Waals surface area contributed by atoms with E-state index in [-0.39, 0.29) is 0 Å². The van der Waals surface area contributed by atoms with Crippen molar-refractivity contribution in [2.24, 2.45) is 0 Å². The Labute approximate surface area is 155 Å². The van der Waals surface area contributed by atoms with Gasteiger partial charge in [0, 0.05) is 24.0 Å². The minimum atomic E-state index is -4.36. The summed E-state index contributed by atoms with van der Waals surface area (Å²) in [5, 5.41) is 6.19. The van der Waals surface area contributed by atoms with E-state index in [1.165, 1.54) is 17.7 Å². The Kier molecular flexibility index (Phi) is 5.30. The average molecular weight is 372 g/mol. The molecule has 3 rings (SSSR count). The van der Waals surface area contributed by atoms with Gasteiger partial charge in [-0.2, -0.15) is 18.2 Å². The molecule has 0 atom stereocenters. The lowest BCUT2D eigenvalue weighted by atomic mass is 10.1. The van der Waals surface area contributed by atoms with Gasteiger partial charge >= 0.3 is 6.18 Å². The molecule has 140 valence electrons. The van der Waals surface area contributed by atoms with E-state index >= 15 is 0 Å². The van der Waals surface area contributed by atoms with Crippen molar-refractivity contribution in [3.05, 3.63) is 77.0 Å². The van der Waals surface area contributed by atoms with Crippen LogP contribution in [0.3, 0.4) is 0 Å². The molecule has 0 radical (unpaired) electrons. The van der Waals surface area contributed by atoms with Gasteiger partial charge in [0.05, 0.1) is 5.56 Å². The van der Waals surface area contributed by atoms with E-state index in [0.29, 0.717) is 24.0 Å². The second-order valence-corrected chi connectivity index (χ2v) is 6.26. The molecule has 0 amide bonds. The highest BCUT2D eigenvalue weighted by atomic mass is 19.4. The zero-order valence-corrected chi connectivity index (χ0v) is 14.9. The SMILES string of the molecule is Cc1cccc(CNc2cc(C)nc(Nc3ccc(C(F)(F)F)cc3)n2)c1. The Morgan fingerprint density at radius 3 is 2.33 bits per heavy atom. The molecule has 2 aromatic carbocycles. The minimum absolute atomic E-state index is 0.321. The maximum Gasteiger partial charge on any atom is 0.416 e. The number of benzene rings is 2. The third kappa shape index (κ3) is 5.20. The maximum atomic E-state index is 12.6. The lowest BCUT2D eigenvalue weighted by molar-refractivity contribution is -0.137. The molecule has 0 saturated heterocycles. The van der Waals surface area contributed by atoms with Crippen LogP contribution >= 0.6 is 0 Å². The first-order valence-corrected chi connectivity index (χ1v) is 8.39. The third-order valence-corrected chi connectivity index (χ3v) is 3.88. The molecule has 7 heteroatoms. The van der Waals surface area contributed by atoms with E-state index in [1.807, 2.05) is 38.1 Å². The molecule has 4 nitrogen and oxygen atoms in total. The van der Waals surface area contributed by atoms with Crippen molar-refractivity contribution in [3.63, 3.8) is 0 Å². The summed E-state index contributed by atoms with van der Waals surface area (Å²) < 4.78 is 37.9. The van der Waals surface area contributed by atoms with E-state index in [1.54, 1.807) is 0 Å². The summed E-state index contributed by atoms with van der Waals surface area (Å²) in [7, 11) is 0. The first-order chi connectivity index (χ1) is 12.8. The summed E-state index contributed by atoms with van der Waals surface area (Å²) in [5.41, 5.74) is 2.84. The summed E-state index contributed by atoms with van der Waals surface area (Å²) in [6.45, 7) is 4.47. The molecule has 0 bridgehead atoms. The lowest BCUT2D eigenvalue weighted by Crippen LogP contribution is -2.06. The van der Waals surface area contributed by atoms with Gasteiger partial charge in [0.25, 0.3) is 0 Å². The fourth-order valence-electron chi connectivity index (χ4n) is 2.60. The highest BCUT2D eigenvalue weighted by Crippen LogP contribution is 2.30. The van der Waals surface area contributed by atoms with E-state index < -0.39 is 11.7 Å². The third-order valence-electron chi connectivity index (χ3n) is 3.88.